The molecule has 5 heteroatoms. The van der Waals surface area contributed by atoms with Gasteiger partial charge in [0.05, 0.1) is 6.10 Å². The molecule has 1 aliphatic heterocycles. The van der Waals surface area contributed by atoms with Crippen molar-refractivity contribution in [3.8, 4) is 0 Å². The molecule has 1 rings (SSSR count). The molecule has 0 unspecified atom stereocenters. The Kier molecular flexibility index (Phi) is 4.69. The van der Waals surface area contributed by atoms with Gasteiger partial charge in [0.2, 0.25) is 0 Å². The fraction of sp³-hybridized carbons (Fsp3) is 0.889. The Morgan fingerprint density at radius 1 is 1.43 bits per heavy atom. The molecule has 1 saturated heterocycles. The minimum atomic E-state index is -0.115. The first-order chi connectivity index (χ1) is 6.72. The lowest BCUT2D eigenvalue weighted by atomic mass is 10.1. The normalized spacial score (nSPS) is 21.4. The van der Waals surface area contributed by atoms with E-state index in [-0.39, 0.29) is 6.10 Å². The van der Waals surface area contributed by atoms with E-state index in [0.717, 1.165) is 38.9 Å². The van der Waals surface area contributed by atoms with E-state index in [0.29, 0.717) is 12.3 Å². The molecule has 0 bridgehead atoms. The van der Waals surface area contributed by atoms with E-state index in [2.05, 4.69) is 10.1 Å². The smallest absolute Gasteiger partial charge is 0.139 e. The number of rotatable bonds is 4. The van der Waals surface area contributed by atoms with Crippen LogP contribution in [0.2, 0.25) is 0 Å². The van der Waals surface area contributed by atoms with E-state index < -0.39 is 0 Å². The Balaban J connectivity index is 2.07. The second-order valence-corrected chi connectivity index (χ2v) is 3.77. The third kappa shape index (κ3) is 3.93. The summed E-state index contributed by atoms with van der Waals surface area (Å²) in [4.78, 5) is 2.30. The molecule has 4 N–H and O–H groups in total. The van der Waals surface area contributed by atoms with Crippen molar-refractivity contribution in [3.63, 3.8) is 0 Å². The lowest BCUT2D eigenvalue weighted by Gasteiger charge is -2.29. The van der Waals surface area contributed by atoms with Crippen LogP contribution in [-0.2, 0) is 0 Å². The highest BCUT2D eigenvalue weighted by molar-refractivity contribution is 5.79. The highest BCUT2D eigenvalue weighted by Crippen LogP contribution is 2.10. The topological polar surface area (TPSA) is 82.1 Å². The lowest BCUT2D eigenvalue weighted by Crippen LogP contribution is -2.36. The van der Waals surface area contributed by atoms with Gasteiger partial charge in [-0.1, -0.05) is 5.16 Å². The number of nitrogens with two attached hydrogens (primary N) is 1. The zero-order valence-corrected chi connectivity index (χ0v) is 8.39. The van der Waals surface area contributed by atoms with Gasteiger partial charge in [0.15, 0.2) is 0 Å². The third-order valence-electron chi connectivity index (χ3n) is 2.59. The maximum Gasteiger partial charge on any atom is 0.139 e. The molecule has 0 aliphatic carbocycles. The van der Waals surface area contributed by atoms with Crippen molar-refractivity contribution in [2.75, 3.05) is 19.6 Å². The van der Waals surface area contributed by atoms with Crippen molar-refractivity contribution in [1.29, 1.82) is 0 Å². The van der Waals surface area contributed by atoms with Crippen LogP contribution >= 0.6 is 0 Å². The van der Waals surface area contributed by atoms with Gasteiger partial charge in [-0.2, -0.15) is 0 Å². The van der Waals surface area contributed by atoms with Gasteiger partial charge in [-0.05, 0) is 25.8 Å². The summed E-state index contributed by atoms with van der Waals surface area (Å²) in [5.74, 6) is 0.294. The molecule has 5 nitrogen and oxygen atoms in total. The van der Waals surface area contributed by atoms with Gasteiger partial charge >= 0.3 is 0 Å². The summed E-state index contributed by atoms with van der Waals surface area (Å²) in [7, 11) is 0. The summed E-state index contributed by atoms with van der Waals surface area (Å²) in [5, 5.41) is 20.5. The molecule has 0 aromatic rings. The molecule has 82 valence electrons. The maximum atomic E-state index is 9.28. The van der Waals surface area contributed by atoms with Crippen molar-refractivity contribution in [3.05, 3.63) is 0 Å². The summed E-state index contributed by atoms with van der Waals surface area (Å²) >= 11 is 0. The van der Waals surface area contributed by atoms with Crippen molar-refractivity contribution in [2.24, 2.45) is 10.9 Å². The van der Waals surface area contributed by atoms with Crippen molar-refractivity contribution in [1.82, 2.24) is 4.90 Å². The number of amidine groups is 1. The van der Waals surface area contributed by atoms with Gasteiger partial charge < -0.3 is 20.9 Å². The molecule has 0 aromatic heterocycles. The van der Waals surface area contributed by atoms with E-state index in [9.17, 15) is 5.11 Å². The molecular weight excluding hydrogens is 182 g/mol. The number of hydrogen-bond acceptors (Lipinski definition) is 4. The van der Waals surface area contributed by atoms with E-state index in [4.69, 9.17) is 10.9 Å². The minimum absolute atomic E-state index is 0.115. The zero-order chi connectivity index (χ0) is 10.4. The van der Waals surface area contributed by atoms with Gasteiger partial charge in [-0.25, -0.2) is 0 Å². The predicted molar refractivity (Wildman–Crippen MR) is 54.3 cm³/mol. The van der Waals surface area contributed by atoms with Crippen LogP contribution < -0.4 is 5.73 Å². The molecule has 0 spiro atoms. The summed E-state index contributed by atoms with van der Waals surface area (Å²) < 4.78 is 0. The standard InChI is InChI=1S/C9H19N3O2/c10-9(11-14)2-1-5-12-6-3-8(13)4-7-12/h8,13-14H,1-7H2,(H2,10,11). The van der Waals surface area contributed by atoms with Crippen LogP contribution in [0.3, 0.4) is 0 Å². The van der Waals surface area contributed by atoms with E-state index in [1.54, 1.807) is 0 Å². The predicted octanol–water partition coefficient (Wildman–Crippen LogP) is -0.0303. The molecule has 0 atom stereocenters. The monoisotopic (exact) mass is 201 g/mol. The van der Waals surface area contributed by atoms with E-state index in [1.165, 1.54) is 0 Å². The zero-order valence-electron chi connectivity index (χ0n) is 8.39. The minimum Gasteiger partial charge on any atom is -0.409 e. The maximum absolute atomic E-state index is 9.28. The summed E-state index contributed by atoms with van der Waals surface area (Å²) in [5.41, 5.74) is 5.35. The number of likely N-dealkylation sites (tertiary alicyclic amines) is 1. The molecule has 0 saturated carbocycles. The first-order valence-corrected chi connectivity index (χ1v) is 5.09. The van der Waals surface area contributed by atoms with Crippen molar-refractivity contribution in [2.45, 2.75) is 31.8 Å². The van der Waals surface area contributed by atoms with Crippen LogP contribution in [0.5, 0.6) is 0 Å². The Hall–Kier alpha value is -0.810. The summed E-state index contributed by atoms with van der Waals surface area (Å²) in [6.07, 6.45) is 3.16. The third-order valence-corrected chi connectivity index (χ3v) is 2.59. The fourth-order valence-corrected chi connectivity index (χ4v) is 1.68. The quantitative estimate of drug-likeness (QED) is 0.258. The Labute approximate surface area is 84.2 Å². The fourth-order valence-electron chi connectivity index (χ4n) is 1.68. The van der Waals surface area contributed by atoms with Crippen LogP contribution in [0.15, 0.2) is 5.16 Å². The Morgan fingerprint density at radius 3 is 2.64 bits per heavy atom. The van der Waals surface area contributed by atoms with Gasteiger partial charge in [-0.3, -0.25) is 0 Å². The number of aliphatic hydroxyl groups is 1. The molecule has 14 heavy (non-hydrogen) atoms. The molecule has 0 radical (unpaired) electrons. The van der Waals surface area contributed by atoms with Crippen LogP contribution in [0.25, 0.3) is 0 Å². The van der Waals surface area contributed by atoms with Crippen molar-refractivity contribution < 1.29 is 10.3 Å². The average Bonchev–Trinajstić information content (AvgIpc) is 2.21. The molecule has 1 fully saturated rings. The number of oxime groups is 1. The average molecular weight is 201 g/mol. The van der Waals surface area contributed by atoms with Gasteiger partial charge in [0, 0.05) is 19.5 Å². The summed E-state index contributed by atoms with van der Waals surface area (Å²) in [6, 6.07) is 0. The van der Waals surface area contributed by atoms with Crippen LogP contribution in [-0.4, -0.2) is 46.8 Å². The van der Waals surface area contributed by atoms with Crippen molar-refractivity contribution >= 4 is 5.84 Å². The Bertz CT molecular complexity index is 188. The first-order valence-electron chi connectivity index (χ1n) is 5.09. The molecule has 1 heterocycles. The van der Waals surface area contributed by atoms with Crippen LogP contribution in [0, 0.1) is 0 Å². The SMILES string of the molecule is N/C(CCCN1CCC(O)CC1)=N\O. The lowest BCUT2D eigenvalue weighted by molar-refractivity contribution is 0.0823. The van der Waals surface area contributed by atoms with Gasteiger partial charge in [0.25, 0.3) is 0 Å². The van der Waals surface area contributed by atoms with Gasteiger partial charge in [-0.15, -0.1) is 0 Å². The molecule has 0 aromatic carbocycles. The second kappa shape index (κ2) is 5.82. The highest BCUT2D eigenvalue weighted by Gasteiger charge is 2.15. The summed E-state index contributed by atoms with van der Waals surface area (Å²) in [6.45, 7) is 2.87. The Morgan fingerprint density at radius 2 is 2.07 bits per heavy atom. The number of nitrogens with zero attached hydrogens (tertiary/aromatic N) is 2. The second-order valence-electron chi connectivity index (χ2n) is 3.77. The largest absolute Gasteiger partial charge is 0.409 e. The van der Waals surface area contributed by atoms with Crippen LogP contribution in [0.4, 0.5) is 0 Å². The van der Waals surface area contributed by atoms with E-state index in [1.807, 2.05) is 0 Å². The molecular formula is C9H19N3O2. The highest BCUT2D eigenvalue weighted by atomic mass is 16.4. The number of hydrogen-bond donors (Lipinski definition) is 3. The number of aliphatic hydroxyl groups excluding tert-OH is 1. The molecule has 1 aliphatic rings. The number of piperidine rings is 1. The molecule has 0 amide bonds. The first kappa shape index (κ1) is 11.3. The van der Waals surface area contributed by atoms with Gasteiger partial charge in [0.1, 0.15) is 5.84 Å². The van der Waals surface area contributed by atoms with E-state index >= 15 is 0 Å². The van der Waals surface area contributed by atoms with Crippen LogP contribution in [0.1, 0.15) is 25.7 Å².